The molecule has 3 aromatic rings. The fraction of sp³-hybridized carbons (Fsp3) is 0.308. The minimum absolute atomic E-state index is 0.182. The third-order valence-corrected chi connectivity index (χ3v) is 7.09. The number of piperidine rings is 1. The summed E-state index contributed by atoms with van der Waals surface area (Å²) in [6.45, 7) is 3.95. The van der Waals surface area contributed by atoms with Crippen molar-refractivity contribution < 1.29 is 4.39 Å². The number of hydrogen-bond donors (Lipinski definition) is 1. The average molecular weight is 546 g/mol. The number of likely N-dealkylation sites (tertiary alicyclic amines) is 1. The molecule has 0 aromatic heterocycles. The van der Waals surface area contributed by atoms with Crippen molar-refractivity contribution in [2.24, 2.45) is 5.92 Å². The van der Waals surface area contributed by atoms with E-state index in [-0.39, 0.29) is 11.9 Å². The Bertz CT molecular complexity index is 967. The fourth-order valence-corrected chi connectivity index (χ4v) is 5.10. The Hall–Kier alpha value is -1.53. The summed E-state index contributed by atoms with van der Waals surface area (Å²) in [6, 6.07) is 24.2. The molecule has 162 valence electrons. The molecule has 3 aromatic carbocycles. The predicted octanol–water partition coefficient (Wildman–Crippen LogP) is 7.09. The molecule has 0 radical (unpaired) electrons. The first-order valence-electron chi connectivity index (χ1n) is 10.8. The van der Waals surface area contributed by atoms with Crippen LogP contribution in [0.1, 0.15) is 35.6 Å². The lowest BCUT2D eigenvalue weighted by molar-refractivity contribution is 0.152. The van der Waals surface area contributed by atoms with E-state index in [2.05, 4.69) is 84.5 Å². The Labute approximate surface area is 201 Å². The Morgan fingerprint density at radius 3 is 2.26 bits per heavy atom. The fourth-order valence-electron chi connectivity index (χ4n) is 4.39. The molecule has 0 saturated carbocycles. The second kappa shape index (κ2) is 10.9. The van der Waals surface area contributed by atoms with Crippen molar-refractivity contribution in [2.75, 3.05) is 13.1 Å². The number of nitrogens with zero attached hydrogens (tertiary/aromatic N) is 1. The van der Waals surface area contributed by atoms with Crippen LogP contribution in [0.15, 0.2) is 81.7 Å². The summed E-state index contributed by atoms with van der Waals surface area (Å²) in [6.07, 6.45) is 2.26. The van der Waals surface area contributed by atoms with Crippen LogP contribution in [0, 0.1) is 11.7 Å². The third-order valence-electron chi connectivity index (χ3n) is 6.07. The van der Waals surface area contributed by atoms with Crippen molar-refractivity contribution in [3.8, 4) is 0 Å². The number of rotatable bonds is 7. The van der Waals surface area contributed by atoms with Crippen LogP contribution in [0.4, 0.5) is 4.39 Å². The summed E-state index contributed by atoms with van der Waals surface area (Å²) in [5.41, 5.74) is 3.77. The highest BCUT2D eigenvalue weighted by Crippen LogP contribution is 2.32. The van der Waals surface area contributed by atoms with Crippen LogP contribution in [0.2, 0.25) is 0 Å². The monoisotopic (exact) mass is 544 g/mol. The second-order valence-electron chi connectivity index (χ2n) is 8.28. The van der Waals surface area contributed by atoms with E-state index in [0.29, 0.717) is 5.92 Å². The topological polar surface area (TPSA) is 15.3 Å². The number of halogens is 3. The lowest BCUT2D eigenvalue weighted by Gasteiger charge is -2.37. The molecule has 4 rings (SSSR count). The van der Waals surface area contributed by atoms with Gasteiger partial charge in [-0.3, -0.25) is 4.90 Å². The lowest BCUT2D eigenvalue weighted by atomic mass is 9.85. The molecule has 5 heteroatoms. The van der Waals surface area contributed by atoms with Gasteiger partial charge in [0.2, 0.25) is 0 Å². The summed E-state index contributed by atoms with van der Waals surface area (Å²) in [4.78, 5) is 2.54. The molecule has 1 N–H and O–H groups in total. The van der Waals surface area contributed by atoms with Gasteiger partial charge in [-0.25, -0.2) is 4.39 Å². The van der Waals surface area contributed by atoms with Crippen molar-refractivity contribution in [3.63, 3.8) is 0 Å². The molecule has 1 fully saturated rings. The van der Waals surface area contributed by atoms with Crippen LogP contribution in [0.25, 0.3) is 0 Å². The van der Waals surface area contributed by atoms with Crippen LogP contribution < -0.4 is 5.32 Å². The van der Waals surface area contributed by atoms with Crippen LogP contribution in [0.3, 0.4) is 0 Å². The van der Waals surface area contributed by atoms with Gasteiger partial charge in [0.25, 0.3) is 0 Å². The Morgan fingerprint density at radius 1 is 0.871 bits per heavy atom. The lowest BCUT2D eigenvalue weighted by Crippen LogP contribution is -2.38. The second-order valence-corrected chi connectivity index (χ2v) is 10.1. The van der Waals surface area contributed by atoms with Crippen molar-refractivity contribution >= 4 is 31.9 Å². The first-order valence-corrected chi connectivity index (χ1v) is 12.4. The maximum atomic E-state index is 13.5. The zero-order valence-electron chi connectivity index (χ0n) is 17.4. The van der Waals surface area contributed by atoms with Gasteiger partial charge in [0.15, 0.2) is 0 Å². The normalized spacial score (nSPS) is 16.4. The molecule has 1 aliphatic heterocycles. The van der Waals surface area contributed by atoms with Crippen LogP contribution in [-0.2, 0) is 13.1 Å². The maximum Gasteiger partial charge on any atom is 0.123 e. The summed E-state index contributed by atoms with van der Waals surface area (Å²) < 4.78 is 15.7. The first kappa shape index (κ1) is 22.7. The highest BCUT2D eigenvalue weighted by Gasteiger charge is 2.27. The van der Waals surface area contributed by atoms with Gasteiger partial charge in [-0.05, 0) is 84.9 Å². The SMILES string of the molecule is Fc1ccc(C(NCc2cccc(Br)c2)C2CCN(Cc3ccc(Br)cc3)CC2)cc1. The molecule has 0 aliphatic carbocycles. The third kappa shape index (κ3) is 6.48. The first-order chi connectivity index (χ1) is 15.1. The summed E-state index contributed by atoms with van der Waals surface area (Å²) in [7, 11) is 0. The van der Waals surface area contributed by atoms with E-state index in [4.69, 9.17) is 0 Å². The van der Waals surface area contributed by atoms with Crippen LogP contribution in [0.5, 0.6) is 0 Å². The smallest absolute Gasteiger partial charge is 0.123 e. The molecule has 1 saturated heterocycles. The summed E-state index contributed by atoms with van der Waals surface area (Å²) in [5.74, 6) is 0.345. The molecule has 31 heavy (non-hydrogen) atoms. The molecular weight excluding hydrogens is 519 g/mol. The highest BCUT2D eigenvalue weighted by molar-refractivity contribution is 9.10. The number of hydrogen-bond acceptors (Lipinski definition) is 2. The van der Waals surface area contributed by atoms with Gasteiger partial charge >= 0.3 is 0 Å². The number of nitrogens with one attached hydrogen (secondary N) is 1. The van der Waals surface area contributed by atoms with Gasteiger partial charge in [-0.1, -0.05) is 68.3 Å². The summed E-state index contributed by atoms with van der Waals surface area (Å²) in [5, 5.41) is 3.77. The molecule has 1 unspecified atom stereocenters. The Kier molecular flexibility index (Phi) is 7.94. The van der Waals surface area contributed by atoms with E-state index < -0.39 is 0 Å². The van der Waals surface area contributed by atoms with Crippen molar-refractivity contribution in [1.82, 2.24) is 10.2 Å². The Balaban J connectivity index is 1.41. The largest absolute Gasteiger partial charge is 0.306 e. The van der Waals surface area contributed by atoms with E-state index >= 15 is 0 Å². The molecule has 2 nitrogen and oxygen atoms in total. The van der Waals surface area contributed by atoms with E-state index in [1.165, 1.54) is 16.7 Å². The zero-order valence-corrected chi connectivity index (χ0v) is 20.6. The molecular formula is C26H27Br2FN2. The summed E-state index contributed by atoms with van der Waals surface area (Å²) >= 11 is 7.07. The van der Waals surface area contributed by atoms with Crippen molar-refractivity contribution in [3.05, 3.63) is 104 Å². The molecule has 1 aliphatic rings. The van der Waals surface area contributed by atoms with Crippen molar-refractivity contribution in [2.45, 2.75) is 32.0 Å². The molecule has 0 bridgehead atoms. The van der Waals surface area contributed by atoms with E-state index in [0.717, 1.165) is 48.0 Å². The standard InChI is InChI=1S/C26H27Br2FN2/c27-23-8-4-19(5-9-23)18-31-14-12-22(13-15-31)26(21-6-10-25(29)11-7-21)30-17-20-2-1-3-24(28)16-20/h1-11,16,22,26,30H,12-15,17-18H2. The minimum Gasteiger partial charge on any atom is -0.306 e. The van der Waals surface area contributed by atoms with E-state index in [1.54, 1.807) is 12.1 Å². The predicted molar refractivity (Wildman–Crippen MR) is 132 cm³/mol. The highest BCUT2D eigenvalue weighted by atomic mass is 79.9. The number of benzene rings is 3. The van der Waals surface area contributed by atoms with Crippen LogP contribution >= 0.6 is 31.9 Å². The van der Waals surface area contributed by atoms with Crippen LogP contribution in [-0.4, -0.2) is 18.0 Å². The molecule has 0 spiro atoms. The maximum absolute atomic E-state index is 13.5. The van der Waals surface area contributed by atoms with Crippen molar-refractivity contribution in [1.29, 1.82) is 0 Å². The van der Waals surface area contributed by atoms with E-state index in [1.807, 2.05) is 18.2 Å². The van der Waals surface area contributed by atoms with Gasteiger partial charge in [0.05, 0.1) is 0 Å². The Morgan fingerprint density at radius 2 is 1.58 bits per heavy atom. The molecule has 1 heterocycles. The van der Waals surface area contributed by atoms with E-state index in [9.17, 15) is 4.39 Å². The average Bonchev–Trinajstić information content (AvgIpc) is 2.78. The van der Waals surface area contributed by atoms with Gasteiger partial charge in [-0.15, -0.1) is 0 Å². The molecule has 1 atom stereocenters. The van der Waals surface area contributed by atoms with Gasteiger partial charge in [0.1, 0.15) is 5.82 Å². The van der Waals surface area contributed by atoms with Gasteiger partial charge < -0.3 is 5.32 Å². The van der Waals surface area contributed by atoms with Gasteiger partial charge in [-0.2, -0.15) is 0 Å². The van der Waals surface area contributed by atoms with Gasteiger partial charge in [0, 0.05) is 28.1 Å². The quantitative estimate of drug-likeness (QED) is 0.341. The zero-order chi connectivity index (χ0) is 21.6. The molecule has 0 amide bonds. The minimum atomic E-state index is -0.182.